The monoisotopic (exact) mass is 211 g/mol. The number of thiazole rings is 1. The van der Waals surface area contributed by atoms with Crippen molar-refractivity contribution >= 4 is 17.2 Å². The quantitative estimate of drug-likeness (QED) is 0.762. The van der Waals surface area contributed by atoms with Gasteiger partial charge in [0.1, 0.15) is 5.01 Å². The molecule has 5 heteroatoms. The lowest BCUT2D eigenvalue weighted by Crippen LogP contribution is -2.30. The molecule has 1 unspecified atom stereocenters. The summed E-state index contributed by atoms with van der Waals surface area (Å²) in [5, 5.41) is 9.22. The van der Waals surface area contributed by atoms with E-state index in [4.69, 9.17) is 0 Å². The van der Waals surface area contributed by atoms with Crippen molar-refractivity contribution in [3.05, 3.63) is 16.1 Å². The SMILES string of the molecule is Cc1csc(CNC2CNC(=O)C2)n1. The highest BCUT2D eigenvalue weighted by atomic mass is 32.1. The lowest BCUT2D eigenvalue weighted by atomic mass is 10.2. The maximum Gasteiger partial charge on any atom is 0.221 e. The number of aryl methyl sites for hydroxylation is 1. The van der Waals surface area contributed by atoms with Crippen molar-refractivity contribution < 1.29 is 4.79 Å². The number of carbonyl (C=O) groups is 1. The fraction of sp³-hybridized carbons (Fsp3) is 0.556. The number of nitrogens with one attached hydrogen (secondary N) is 2. The Balaban J connectivity index is 1.80. The van der Waals surface area contributed by atoms with Gasteiger partial charge in [0.05, 0.1) is 0 Å². The van der Waals surface area contributed by atoms with Crippen LogP contribution in [0.3, 0.4) is 0 Å². The van der Waals surface area contributed by atoms with Gasteiger partial charge in [-0.1, -0.05) is 0 Å². The second-order valence-corrected chi connectivity index (χ2v) is 4.41. The molecule has 2 rings (SSSR count). The Kier molecular flexibility index (Phi) is 2.79. The van der Waals surface area contributed by atoms with Gasteiger partial charge in [0, 0.05) is 36.6 Å². The van der Waals surface area contributed by atoms with Gasteiger partial charge in [-0.3, -0.25) is 4.79 Å². The van der Waals surface area contributed by atoms with Gasteiger partial charge in [-0.2, -0.15) is 0 Å². The lowest BCUT2D eigenvalue weighted by Gasteiger charge is -2.07. The summed E-state index contributed by atoms with van der Waals surface area (Å²) in [5.74, 6) is 0.137. The first kappa shape index (κ1) is 9.61. The Bertz CT molecular complexity index is 337. The molecular weight excluding hydrogens is 198 g/mol. The molecule has 4 nitrogen and oxygen atoms in total. The van der Waals surface area contributed by atoms with Gasteiger partial charge in [-0.25, -0.2) is 4.98 Å². The van der Waals surface area contributed by atoms with E-state index >= 15 is 0 Å². The smallest absolute Gasteiger partial charge is 0.221 e. The predicted octanol–water partition coefficient (Wildman–Crippen LogP) is 0.430. The van der Waals surface area contributed by atoms with Gasteiger partial charge >= 0.3 is 0 Å². The number of nitrogens with zero attached hydrogens (tertiary/aromatic N) is 1. The van der Waals surface area contributed by atoms with E-state index in [1.807, 2.05) is 12.3 Å². The molecule has 76 valence electrons. The molecular formula is C9H13N3OS. The van der Waals surface area contributed by atoms with Crippen LogP contribution in [0.2, 0.25) is 0 Å². The normalized spacial score (nSPS) is 21.2. The Morgan fingerprint density at radius 3 is 3.21 bits per heavy atom. The average Bonchev–Trinajstić information content (AvgIpc) is 2.72. The zero-order valence-corrected chi connectivity index (χ0v) is 8.86. The zero-order valence-electron chi connectivity index (χ0n) is 8.04. The molecule has 1 aliphatic rings. The van der Waals surface area contributed by atoms with Crippen LogP contribution in [0.25, 0.3) is 0 Å². The van der Waals surface area contributed by atoms with Crippen molar-refractivity contribution in [1.82, 2.24) is 15.6 Å². The van der Waals surface area contributed by atoms with Gasteiger partial charge in [0.15, 0.2) is 0 Å². The first-order valence-corrected chi connectivity index (χ1v) is 5.53. The van der Waals surface area contributed by atoms with E-state index in [1.165, 1.54) is 0 Å². The van der Waals surface area contributed by atoms with Crippen LogP contribution in [0.1, 0.15) is 17.1 Å². The molecule has 2 heterocycles. The number of amides is 1. The highest BCUT2D eigenvalue weighted by Gasteiger charge is 2.20. The largest absolute Gasteiger partial charge is 0.354 e. The molecule has 0 bridgehead atoms. The maximum absolute atomic E-state index is 10.9. The number of hydrogen-bond acceptors (Lipinski definition) is 4. The molecule has 0 saturated carbocycles. The van der Waals surface area contributed by atoms with E-state index in [9.17, 15) is 4.79 Å². The third kappa shape index (κ3) is 2.30. The summed E-state index contributed by atoms with van der Waals surface area (Å²) in [6, 6.07) is 0.270. The molecule has 1 atom stereocenters. The summed E-state index contributed by atoms with van der Waals surface area (Å²) >= 11 is 1.65. The Morgan fingerprint density at radius 2 is 2.64 bits per heavy atom. The third-order valence-electron chi connectivity index (χ3n) is 2.19. The molecule has 14 heavy (non-hydrogen) atoms. The molecule has 1 aromatic rings. The van der Waals surface area contributed by atoms with Crippen LogP contribution in [-0.4, -0.2) is 23.5 Å². The van der Waals surface area contributed by atoms with Crippen LogP contribution in [0.4, 0.5) is 0 Å². The summed E-state index contributed by atoms with van der Waals surface area (Å²) in [6.45, 7) is 3.49. The Labute approximate surface area is 86.7 Å². The van der Waals surface area contributed by atoms with Crippen LogP contribution >= 0.6 is 11.3 Å². The van der Waals surface area contributed by atoms with Crippen LogP contribution in [0.5, 0.6) is 0 Å². The molecule has 1 aliphatic heterocycles. The fourth-order valence-corrected chi connectivity index (χ4v) is 2.19. The summed E-state index contributed by atoms with van der Waals surface area (Å²) < 4.78 is 0. The van der Waals surface area contributed by atoms with Crippen molar-refractivity contribution in [3.8, 4) is 0 Å². The Hall–Kier alpha value is -0.940. The molecule has 0 aromatic carbocycles. The number of aromatic nitrogens is 1. The summed E-state index contributed by atoms with van der Waals surface area (Å²) in [5.41, 5.74) is 1.06. The highest BCUT2D eigenvalue weighted by Crippen LogP contribution is 2.09. The summed E-state index contributed by atoms with van der Waals surface area (Å²) in [7, 11) is 0. The van der Waals surface area contributed by atoms with Crippen molar-refractivity contribution in [2.24, 2.45) is 0 Å². The molecule has 0 radical (unpaired) electrons. The first-order valence-electron chi connectivity index (χ1n) is 4.65. The van der Waals surface area contributed by atoms with Crippen LogP contribution < -0.4 is 10.6 Å². The highest BCUT2D eigenvalue weighted by molar-refractivity contribution is 7.09. The van der Waals surface area contributed by atoms with Crippen LogP contribution in [-0.2, 0) is 11.3 Å². The zero-order chi connectivity index (χ0) is 9.97. The molecule has 1 fully saturated rings. The Morgan fingerprint density at radius 1 is 1.79 bits per heavy atom. The second-order valence-electron chi connectivity index (χ2n) is 3.47. The van der Waals surface area contributed by atoms with Crippen molar-refractivity contribution in [2.45, 2.75) is 25.9 Å². The van der Waals surface area contributed by atoms with Crippen molar-refractivity contribution in [2.75, 3.05) is 6.54 Å². The van der Waals surface area contributed by atoms with E-state index in [0.717, 1.165) is 23.8 Å². The molecule has 1 saturated heterocycles. The predicted molar refractivity (Wildman–Crippen MR) is 55.1 cm³/mol. The number of carbonyl (C=O) groups excluding carboxylic acids is 1. The van der Waals surface area contributed by atoms with Gasteiger partial charge in [-0.15, -0.1) is 11.3 Å². The molecule has 1 amide bonds. The fourth-order valence-electron chi connectivity index (χ4n) is 1.47. The van der Waals surface area contributed by atoms with E-state index in [0.29, 0.717) is 6.42 Å². The molecule has 1 aromatic heterocycles. The average molecular weight is 211 g/mol. The minimum Gasteiger partial charge on any atom is -0.354 e. The number of rotatable bonds is 3. The minimum absolute atomic E-state index is 0.137. The minimum atomic E-state index is 0.137. The number of hydrogen-bond donors (Lipinski definition) is 2. The molecule has 0 aliphatic carbocycles. The van der Waals surface area contributed by atoms with Gasteiger partial charge in [-0.05, 0) is 6.92 Å². The topological polar surface area (TPSA) is 54.0 Å². The summed E-state index contributed by atoms with van der Waals surface area (Å²) in [6.07, 6.45) is 0.588. The van der Waals surface area contributed by atoms with Crippen LogP contribution in [0, 0.1) is 6.92 Å². The van der Waals surface area contributed by atoms with E-state index in [-0.39, 0.29) is 11.9 Å². The maximum atomic E-state index is 10.9. The van der Waals surface area contributed by atoms with Gasteiger partial charge < -0.3 is 10.6 Å². The van der Waals surface area contributed by atoms with Crippen molar-refractivity contribution in [1.29, 1.82) is 0 Å². The molecule has 2 N–H and O–H groups in total. The van der Waals surface area contributed by atoms with Gasteiger partial charge in [0.25, 0.3) is 0 Å². The van der Waals surface area contributed by atoms with Gasteiger partial charge in [0.2, 0.25) is 5.91 Å². The second kappa shape index (κ2) is 4.06. The van der Waals surface area contributed by atoms with E-state index in [2.05, 4.69) is 15.6 Å². The standard InChI is InChI=1S/C9H13N3OS/c1-6-5-14-9(12-6)4-10-7-2-8(13)11-3-7/h5,7,10H,2-4H2,1H3,(H,11,13). The first-order chi connectivity index (χ1) is 6.74. The lowest BCUT2D eigenvalue weighted by molar-refractivity contribution is -0.119. The van der Waals surface area contributed by atoms with Crippen molar-refractivity contribution in [3.63, 3.8) is 0 Å². The summed E-state index contributed by atoms with van der Waals surface area (Å²) in [4.78, 5) is 15.2. The molecule has 0 spiro atoms. The van der Waals surface area contributed by atoms with E-state index in [1.54, 1.807) is 11.3 Å². The third-order valence-corrected chi connectivity index (χ3v) is 3.15. The van der Waals surface area contributed by atoms with Crippen LogP contribution in [0.15, 0.2) is 5.38 Å². The van der Waals surface area contributed by atoms with E-state index < -0.39 is 0 Å².